The zero-order valence-corrected chi connectivity index (χ0v) is 13.0. The van der Waals surface area contributed by atoms with Gasteiger partial charge in [-0.2, -0.15) is 0 Å². The van der Waals surface area contributed by atoms with Crippen molar-refractivity contribution in [2.75, 3.05) is 0 Å². The van der Waals surface area contributed by atoms with E-state index in [1.165, 1.54) is 25.7 Å². The minimum atomic E-state index is 0.0561. The summed E-state index contributed by atoms with van der Waals surface area (Å²) in [5.41, 5.74) is 3.55. The third-order valence-electron chi connectivity index (χ3n) is 5.39. The van der Waals surface area contributed by atoms with Crippen LogP contribution in [0.5, 0.6) is 0 Å². The number of hydrogen-bond donors (Lipinski definition) is 1. The molecule has 2 aromatic rings. The second-order valence-electron chi connectivity index (χ2n) is 6.64. The first kappa shape index (κ1) is 13.3. The first-order valence-corrected chi connectivity index (χ1v) is 8.73. The molecule has 4 heteroatoms. The summed E-state index contributed by atoms with van der Waals surface area (Å²) >= 11 is 1.58. The Morgan fingerprint density at radius 3 is 3.05 bits per heavy atom. The van der Waals surface area contributed by atoms with Crippen LogP contribution in [0.25, 0.3) is 10.2 Å². The Balaban J connectivity index is 1.47. The highest BCUT2D eigenvalue weighted by atomic mass is 32.1. The van der Waals surface area contributed by atoms with Crippen molar-refractivity contribution < 1.29 is 4.79 Å². The summed E-state index contributed by atoms with van der Waals surface area (Å²) in [6.07, 6.45) is 5.46. The van der Waals surface area contributed by atoms with Crippen molar-refractivity contribution in [3.8, 4) is 0 Å². The molecule has 1 aromatic heterocycles. The van der Waals surface area contributed by atoms with Crippen LogP contribution in [0.2, 0.25) is 0 Å². The van der Waals surface area contributed by atoms with Crippen molar-refractivity contribution in [2.45, 2.75) is 38.6 Å². The summed E-state index contributed by atoms with van der Waals surface area (Å²) in [5.74, 6) is 2.50. The topological polar surface area (TPSA) is 42.0 Å². The van der Waals surface area contributed by atoms with Crippen LogP contribution in [0.1, 0.15) is 43.0 Å². The van der Waals surface area contributed by atoms with Gasteiger partial charge < -0.3 is 5.32 Å². The average molecular weight is 300 g/mol. The monoisotopic (exact) mass is 300 g/mol. The van der Waals surface area contributed by atoms with Crippen LogP contribution in [0, 0.1) is 17.8 Å². The molecule has 110 valence electrons. The summed E-state index contributed by atoms with van der Waals surface area (Å²) in [5, 5.41) is 3.23. The summed E-state index contributed by atoms with van der Waals surface area (Å²) in [6, 6.07) is 6.05. The Labute approximate surface area is 128 Å². The molecule has 2 aliphatic rings. The molecule has 2 aliphatic carbocycles. The van der Waals surface area contributed by atoms with Gasteiger partial charge in [0.15, 0.2) is 0 Å². The Bertz CT molecular complexity index is 680. The summed E-state index contributed by atoms with van der Waals surface area (Å²) in [4.78, 5) is 16.7. The normalized spacial score (nSPS) is 28.9. The van der Waals surface area contributed by atoms with Crippen molar-refractivity contribution >= 4 is 27.5 Å². The number of rotatable bonds is 3. The van der Waals surface area contributed by atoms with E-state index >= 15 is 0 Å². The smallest absolute Gasteiger partial charge is 0.251 e. The third-order valence-corrected chi connectivity index (χ3v) is 6.18. The number of benzene rings is 1. The number of nitrogens with zero attached hydrogens (tertiary/aromatic N) is 1. The lowest BCUT2D eigenvalue weighted by molar-refractivity contribution is 0.0915. The number of amides is 1. The molecule has 1 N–H and O–H groups in total. The zero-order valence-electron chi connectivity index (χ0n) is 12.2. The van der Waals surface area contributed by atoms with Crippen LogP contribution in [-0.2, 0) is 0 Å². The number of fused-ring (bicyclic) bond motifs is 3. The van der Waals surface area contributed by atoms with Crippen LogP contribution in [-0.4, -0.2) is 16.9 Å². The standard InChI is InChI=1S/C17H20N2OS/c1-10(14-7-11-2-3-12(14)6-11)19-17(20)13-4-5-15-16(8-13)21-9-18-15/h4-5,8-12,14H,2-3,6-7H2,1H3,(H,19,20)/t10-,11-,12+,14-/m1/s1. The fourth-order valence-corrected chi connectivity index (χ4v) is 5.02. The Morgan fingerprint density at radius 2 is 2.29 bits per heavy atom. The molecule has 1 amide bonds. The molecule has 0 saturated heterocycles. The molecule has 0 aliphatic heterocycles. The molecule has 4 rings (SSSR count). The minimum absolute atomic E-state index is 0.0561. The van der Waals surface area contributed by atoms with Crippen molar-refractivity contribution in [3.05, 3.63) is 29.3 Å². The first-order valence-electron chi connectivity index (χ1n) is 7.85. The predicted molar refractivity (Wildman–Crippen MR) is 85.5 cm³/mol. The highest BCUT2D eigenvalue weighted by Crippen LogP contribution is 2.49. The van der Waals surface area contributed by atoms with E-state index in [9.17, 15) is 4.79 Å². The zero-order chi connectivity index (χ0) is 14.4. The van der Waals surface area contributed by atoms with Gasteiger partial charge in [0.1, 0.15) is 0 Å². The lowest BCUT2D eigenvalue weighted by atomic mass is 9.84. The fourth-order valence-electron chi connectivity index (χ4n) is 4.30. The average Bonchev–Trinajstić information content (AvgIpc) is 3.21. The summed E-state index contributed by atoms with van der Waals surface area (Å²) < 4.78 is 1.08. The van der Waals surface area contributed by atoms with Crippen molar-refractivity contribution in [3.63, 3.8) is 0 Å². The largest absolute Gasteiger partial charge is 0.349 e. The van der Waals surface area contributed by atoms with Crippen LogP contribution in [0.4, 0.5) is 0 Å². The number of carbonyl (C=O) groups is 1. The van der Waals surface area contributed by atoms with E-state index in [0.717, 1.165) is 27.6 Å². The number of thiazole rings is 1. The SMILES string of the molecule is C[C@@H](NC(=O)c1ccc2ncsc2c1)[C@H]1C[C@@H]2CC[C@H]1C2. The maximum absolute atomic E-state index is 12.5. The van der Waals surface area contributed by atoms with Gasteiger partial charge in [-0.25, -0.2) is 4.98 Å². The van der Waals surface area contributed by atoms with Gasteiger partial charge in [-0.15, -0.1) is 11.3 Å². The molecule has 1 heterocycles. The molecule has 0 radical (unpaired) electrons. The second kappa shape index (κ2) is 5.09. The molecule has 2 fully saturated rings. The fraction of sp³-hybridized carbons (Fsp3) is 0.529. The van der Waals surface area contributed by atoms with E-state index < -0.39 is 0 Å². The predicted octanol–water partition coefficient (Wildman–Crippen LogP) is 3.85. The van der Waals surface area contributed by atoms with E-state index in [1.54, 1.807) is 11.3 Å². The first-order chi connectivity index (χ1) is 10.2. The highest BCUT2D eigenvalue weighted by Gasteiger charge is 2.42. The third kappa shape index (κ3) is 2.35. The van der Waals surface area contributed by atoms with Gasteiger partial charge >= 0.3 is 0 Å². The molecule has 0 unspecified atom stereocenters. The highest BCUT2D eigenvalue weighted by molar-refractivity contribution is 7.16. The van der Waals surface area contributed by atoms with Crippen molar-refractivity contribution in [1.82, 2.24) is 10.3 Å². The van der Waals surface area contributed by atoms with Gasteiger partial charge in [-0.05, 0) is 62.1 Å². The van der Waals surface area contributed by atoms with Crippen LogP contribution < -0.4 is 5.32 Å². The quantitative estimate of drug-likeness (QED) is 0.935. The maximum Gasteiger partial charge on any atom is 0.251 e. The number of aromatic nitrogens is 1. The Kier molecular flexibility index (Phi) is 3.21. The van der Waals surface area contributed by atoms with Gasteiger partial charge in [0.2, 0.25) is 0 Å². The van der Waals surface area contributed by atoms with E-state index in [-0.39, 0.29) is 11.9 Å². The van der Waals surface area contributed by atoms with Gasteiger partial charge in [0, 0.05) is 11.6 Å². The van der Waals surface area contributed by atoms with Crippen molar-refractivity contribution in [2.24, 2.45) is 17.8 Å². The van der Waals surface area contributed by atoms with Crippen LogP contribution in [0.15, 0.2) is 23.7 Å². The second-order valence-corrected chi connectivity index (χ2v) is 7.52. The van der Waals surface area contributed by atoms with Gasteiger partial charge in [0.05, 0.1) is 15.7 Å². The van der Waals surface area contributed by atoms with Gasteiger partial charge in [-0.1, -0.05) is 6.42 Å². The van der Waals surface area contributed by atoms with Crippen LogP contribution in [0.3, 0.4) is 0 Å². The van der Waals surface area contributed by atoms with Crippen molar-refractivity contribution in [1.29, 1.82) is 0 Å². The summed E-state index contributed by atoms with van der Waals surface area (Å²) in [6.45, 7) is 2.18. The minimum Gasteiger partial charge on any atom is -0.349 e. The lowest BCUT2D eigenvalue weighted by Crippen LogP contribution is -2.40. The van der Waals surface area contributed by atoms with E-state index in [1.807, 2.05) is 23.7 Å². The molecule has 21 heavy (non-hydrogen) atoms. The Hall–Kier alpha value is -1.42. The molecule has 4 atom stereocenters. The maximum atomic E-state index is 12.5. The number of hydrogen-bond acceptors (Lipinski definition) is 3. The Morgan fingerprint density at radius 1 is 1.38 bits per heavy atom. The molecule has 2 bridgehead atoms. The van der Waals surface area contributed by atoms with Crippen LogP contribution >= 0.6 is 11.3 Å². The molecular formula is C17H20N2OS. The molecule has 0 spiro atoms. The lowest BCUT2D eigenvalue weighted by Gasteiger charge is -2.28. The molecule has 3 nitrogen and oxygen atoms in total. The van der Waals surface area contributed by atoms with E-state index in [2.05, 4.69) is 17.2 Å². The van der Waals surface area contributed by atoms with E-state index in [0.29, 0.717) is 5.92 Å². The van der Waals surface area contributed by atoms with Gasteiger partial charge in [0.25, 0.3) is 5.91 Å². The molecule has 1 aromatic carbocycles. The van der Waals surface area contributed by atoms with E-state index in [4.69, 9.17) is 0 Å². The van der Waals surface area contributed by atoms with Gasteiger partial charge in [-0.3, -0.25) is 4.79 Å². The molecule has 2 saturated carbocycles. The molecular weight excluding hydrogens is 280 g/mol. The summed E-state index contributed by atoms with van der Waals surface area (Å²) in [7, 11) is 0. The number of nitrogens with one attached hydrogen (secondary N) is 1. The number of carbonyl (C=O) groups excluding carboxylic acids is 1.